The summed E-state index contributed by atoms with van der Waals surface area (Å²) in [4.78, 5) is 70.3. The average Bonchev–Trinajstić information content (AvgIpc) is 2.76. The van der Waals surface area contributed by atoms with Crippen LogP contribution in [-0.2, 0) is 42.9 Å². The van der Waals surface area contributed by atoms with E-state index in [0.717, 1.165) is 39.8 Å². The predicted molar refractivity (Wildman–Crippen MR) is 119 cm³/mol. The first kappa shape index (κ1) is 28.9. The van der Waals surface area contributed by atoms with Crippen LogP contribution < -0.4 is 5.01 Å². The highest BCUT2D eigenvalue weighted by molar-refractivity contribution is 5.69. The van der Waals surface area contributed by atoms with Crippen LogP contribution in [0.15, 0.2) is 18.2 Å². The molecule has 2 rings (SSSR count). The van der Waals surface area contributed by atoms with Gasteiger partial charge < -0.3 is 23.7 Å². The first-order chi connectivity index (χ1) is 17.2. The second-order valence-electron chi connectivity index (χ2n) is 7.92. The van der Waals surface area contributed by atoms with E-state index in [0.29, 0.717) is 5.56 Å². The number of benzene rings is 1. The summed E-state index contributed by atoms with van der Waals surface area (Å²) in [7, 11) is 0. The maximum atomic E-state index is 12.3. The van der Waals surface area contributed by atoms with Crippen molar-refractivity contribution in [1.29, 1.82) is 0 Å². The normalized spacial score (nSPS) is 22.8. The van der Waals surface area contributed by atoms with Crippen LogP contribution in [-0.4, -0.2) is 71.1 Å². The van der Waals surface area contributed by atoms with Crippen molar-refractivity contribution in [2.24, 2.45) is 0 Å². The number of hydrogen-bond acceptors (Lipinski definition) is 13. The molecule has 1 heterocycles. The van der Waals surface area contributed by atoms with Crippen molar-refractivity contribution >= 4 is 35.3 Å². The lowest BCUT2D eigenvalue weighted by Crippen LogP contribution is -2.67. The summed E-state index contributed by atoms with van der Waals surface area (Å²) < 4.78 is 26.4. The summed E-state index contributed by atoms with van der Waals surface area (Å²) in [5.74, 6) is -3.61. The zero-order valence-corrected chi connectivity index (χ0v) is 20.5. The van der Waals surface area contributed by atoms with Gasteiger partial charge in [-0.3, -0.25) is 29.3 Å². The van der Waals surface area contributed by atoms with E-state index in [1.807, 2.05) is 0 Å². The first-order valence-corrected chi connectivity index (χ1v) is 10.7. The van der Waals surface area contributed by atoms with Gasteiger partial charge in [0.05, 0.1) is 4.92 Å². The van der Waals surface area contributed by atoms with E-state index in [9.17, 15) is 39.4 Å². The molecule has 0 aliphatic carbocycles. The smallest absolute Gasteiger partial charge is 0.303 e. The van der Waals surface area contributed by atoms with Gasteiger partial charge in [0, 0.05) is 33.8 Å². The molecule has 0 aromatic heterocycles. The number of aryl methyl sites for hydroxylation is 1. The molecule has 37 heavy (non-hydrogen) atoms. The molecule has 1 aliphatic rings. The minimum atomic E-state index is -1.97. The topological polar surface area (TPSA) is 204 Å². The number of anilines is 1. The molecule has 0 amide bonds. The van der Waals surface area contributed by atoms with Crippen molar-refractivity contribution in [3.63, 3.8) is 0 Å². The van der Waals surface area contributed by atoms with Crippen LogP contribution in [0.5, 0.6) is 0 Å². The highest BCUT2D eigenvalue weighted by Gasteiger charge is 2.57. The predicted octanol–water partition coefficient (Wildman–Crippen LogP) is 0.984. The Morgan fingerprint density at radius 3 is 1.92 bits per heavy atom. The molecule has 16 nitrogen and oxygen atoms in total. The minimum Gasteiger partial charge on any atom is -0.463 e. The van der Waals surface area contributed by atoms with Gasteiger partial charge in [0.2, 0.25) is 6.23 Å². The van der Waals surface area contributed by atoms with Crippen LogP contribution in [0.3, 0.4) is 0 Å². The van der Waals surface area contributed by atoms with Gasteiger partial charge >= 0.3 is 23.9 Å². The number of esters is 4. The van der Waals surface area contributed by atoms with Crippen molar-refractivity contribution in [1.82, 2.24) is 0 Å². The van der Waals surface area contributed by atoms with Crippen molar-refractivity contribution in [2.75, 3.05) is 11.6 Å². The Morgan fingerprint density at radius 1 is 0.892 bits per heavy atom. The molecular formula is C21H25N3O13. The summed E-state index contributed by atoms with van der Waals surface area (Å²) >= 11 is 0. The Labute approximate surface area is 209 Å². The van der Waals surface area contributed by atoms with E-state index in [4.69, 9.17) is 23.7 Å². The van der Waals surface area contributed by atoms with Crippen molar-refractivity contribution < 1.29 is 52.8 Å². The van der Waals surface area contributed by atoms with Crippen molar-refractivity contribution in [3.8, 4) is 0 Å². The van der Waals surface area contributed by atoms with Crippen molar-refractivity contribution in [3.05, 3.63) is 44.0 Å². The molecule has 0 N–H and O–H groups in total. The zero-order valence-electron chi connectivity index (χ0n) is 20.5. The average molecular weight is 527 g/mol. The van der Waals surface area contributed by atoms with Gasteiger partial charge in [0.15, 0.2) is 29.0 Å². The third-order valence-electron chi connectivity index (χ3n) is 4.96. The number of nitro groups is 2. The number of rotatable bonds is 9. The highest BCUT2D eigenvalue weighted by atomic mass is 16.7. The number of hydrogen-bond donors (Lipinski definition) is 0. The molecule has 1 aromatic rings. The molecule has 16 heteroatoms. The Bertz CT molecular complexity index is 1090. The largest absolute Gasteiger partial charge is 0.463 e. The number of carbonyl (C=O) groups excluding carboxylic acids is 4. The number of nitro benzene ring substituents is 1. The van der Waals surface area contributed by atoms with Crippen LogP contribution in [0, 0.1) is 27.2 Å². The molecule has 0 spiro atoms. The van der Waals surface area contributed by atoms with Gasteiger partial charge in [0.1, 0.15) is 12.7 Å². The lowest BCUT2D eigenvalue weighted by Gasteiger charge is -2.44. The fourth-order valence-electron chi connectivity index (χ4n) is 3.69. The van der Waals surface area contributed by atoms with E-state index >= 15 is 0 Å². The van der Waals surface area contributed by atoms with Gasteiger partial charge in [-0.15, -0.1) is 0 Å². The van der Waals surface area contributed by atoms with Crippen LogP contribution in [0.2, 0.25) is 0 Å². The van der Waals surface area contributed by atoms with Gasteiger partial charge in [0.25, 0.3) is 5.69 Å². The Hall–Kier alpha value is -4.34. The second-order valence-corrected chi connectivity index (χ2v) is 7.92. The molecule has 1 aliphatic heterocycles. The SMILES string of the molecule is CC(=O)OC[C@H]1O[C@@H](N(c2ccc(C)cc2[N+](=O)[O-])[N+](=O)[O-])[C@H](OC(C)=O)[C@@H](OC(C)=O)[C@@H]1OC(C)=O. The molecule has 0 saturated carbocycles. The molecule has 202 valence electrons. The van der Waals surface area contributed by atoms with Gasteiger partial charge in [-0.1, -0.05) is 11.1 Å². The summed E-state index contributed by atoms with van der Waals surface area (Å²) in [5, 5.41) is 23.2. The second kappa shape index (κ2) is 12.1. The van der Waals surface area contributed by atoms with E-state index in [-0.39, 0.29) is 5.01 Å². The molecule has 1 saturated heterocycles. The lowest BCUT2D eigenvalue weighted by atomic mass is 9.96. The maximum absolute atomic E-state index is 12.3. The molecule has 5 atom stereocenters. The first-order valence-electron chi connectivity index (χ1n) is 10.7. The minimum absolute atomic E-state index is 0.229. The Morgan fingerprint density at radius 2 is 1.43 bits per heavy atom. The van der Waals surface area contributed by atoms with E-state index in [2.05, 4.69) is 0 Å². The Kier molecular flexibility index (Phi) is 9.42. The standard InChI is InChI=1S/C21H25N3O13/c1-10-6-7-15(16(8-10)23(29)30)22(24(31)32)21-20(36-14(5)28)19(35-13(4)27)18(34-12(3)26)17(37-21)9-33-11(2)25/h6-8,17-21H,9H2,1-5H3/t17-,18-,19+,20-,21-/m1/s1. The fraction of sp³-hybridized carbons (Fsp3) is 0.524. The number of nitrogens with zero attached hydrogens (tertiary/aromatic N) is 3. The summed E-state index contributed by atoms with van der Waals surface area (Å²) in [6.45, 7) is 4.91. The molecule has 0 radical (unpaired) electrons. The van der Waals surface area contributed by atoms with Crippen LogP contribution in [0.1, 0.15) is 33.3 Å². The van der Waals surface area contributed by atoms with Gasteiger partial charge in [-0.05, 0) is 18.6 Å². The Balaban J connectivity index is 2.76. The monoisotopic (exact) mass is 527 g/mol. The van der Waals surface area contributed by atoms with E-state index in [1.165, 1.54) is 13.0 Å². The summed E-state index contributed by atoms with van der Waals surface area (Å²) in [6, 6.07) is 3.53. The quantitative estimate of drug-likeness (QED) is 0.190. The van der Waals surface area contributed by atoms with E-state index in [1.54, 1.807) is 0 Å². The number of carbonyl (C=O) groups is 4. The van der Waals surface area contributed by atoms with Crippen LogP contribution in [0.25, 0.3) is 0 Å². The van der Waals surface area contributed by atoms with Crippen molar-refractivity contribution in [2.45, 2.75) is 65.3 Å². The fourth-order valence-corrected chi connectivity index (χ4v) is 3.69. The molecule has 0 unspecified atom stereocenters. The van der Waals surface area contributed by atoms with E-state index < -0.39 is 82.5 Å². The van der Waals surface area contributed by atoms with Crippen LogP contribution in [0.4, 0.5) is 11.4 Å². The molecular weight excluding hydrogens is 502 g/mol. The molecule has 1 aromatic carbocycles. The lowest BCUT2D eigenvalue weighted by molar-refractivity contribution is -0.518. The van der Waals surface area contributed by atoms with Gasteiger partial charge in [-0.2, -0.15) is 0 Å². The summed E-state index contributed by atoms with van der Waals surface area (Å²) in [6.07, 6.45) is -8.54. The maximum Gasteiger partial charge on any atom is 0.303 e. The molecule has 1 fully saturated rings. The highest BCUT2D eigenvalue weighted by Crippen LogP contribution is 2.37. The molecule has 0 bridgehead atoms. The number of ether oxygens (including phenoxy) is 5. The number of hydrazine groups is 1. The third kappa shape index (κ3) is 7.33. The van der Waals surface area contributed by atoms with Crippen LogP contribution >= 0.6 is 0 Å². The third-order valence-corrected chi connectivity index (χ3v) is 4.96. The van der Waals surface area contributed by atoms with Gasteiger partial charge in [-0.25, -0.2) is 10.1 Å². The zero-order chi connectivity index (χ0) is 28.0. The summed E-state index contributed by atoms with van der Waals surface area (Å²) in [5.41, 5.74) is -0.814.